The van der Waals surface area contributed by atoms with Crippen molar-refractivity contribution >= 4 is 42.5 Å². The second kappa shape index (κ2) is 9.01. The van der Waals surface area contributed by atoms with Crippen molar-refractivity contribution in [2.75, 3.05) is 5.32 Å². The SMILES string of the molecule is Cl.Cl.O=C(O)/C=C/c1ccccc1NCc1cnc[nH]1. The summed E-state index contributed by atoms with van der Waals surface area (Å²) in [5.41, 5.74) is 2.68. The summed E-state index contributed by atoms with van der Waals surface area (Å²) in [5.74, 6) is -0.960. The zero-order valence-electron chi connectivity index (χ0n) is 10.4. The molecule has 0 amide bonds. The van der Waals surface area contributed by atoms with Crippen LogP contribution in [0.3, 0.4) is 0 Å². The van der Waals surface area contributed by atoms with Crippen LogP contribution in [0.1, 0.15) is 11.3 Å². The lowest BCUT2D eigenvalue weighted by Gasteiger charge is -2.08. The van der Waals surface area contributed by atoms with E-state index in [9.17, 15) is 4.79 Å². The van der Waals surface area contributed by atoms with Crippen LogP contribution >= 0.6 is 24.8 Å². The number of hydrogen-bond donors (Lipinski definition) is 3. The van der Waals surface area contributed by atoms with Crippen LogP contribution in [0.4, 0.5) is 5.69 Å². The molecule has 0 aliphatic heterocycles. The highest BCUT2D eigenvalue weighted by Crippen LogP contribution is 2.17. The average Bonchev–Trinajstić information content (AvgIpc) is 2.88. The number of carboxylic acid groups (broad SMARTS) is 1. The number of aromatic nitrogens is 2. The predicted molar refractivity (Wildman–Crippen MR) is 83.5 cm³/mol. The predicted octanol–water partition coefficient (Wildman–Crippen LogP) is 2.96. The number of rotatable bonds is 5. The van der Waals surface area contributed by atoms with Crippen molar-refractivity contribution in [3.63, 3.8) is 0 Å². The molecule has 0 fully saturated rings. The molecule has 0 saturated carbocycles. The second-order valence-electron chi connectivity index (χ2n) is 3.69. The Morgan fingerprint density at radius 3 is 2.75 bits per heavy atom. The van der Waals surface area contributed by atoms with E-state index < -0.39 is 5.97 Å². The number of nitrogens with one attached hydrogen (secondary N) is 2. The molecule has 0 aliphatic carbocycles. The fourth-order valence-electron chi connectivity index (χ4n) is 1.54. The van der Waals surface area contributed by atoms with E-state index in [-0.39, 0.29) is 24.8 Å². The summed E-state index contributed by atoms with van der Waals surface area (Å²) < 4.78 is 0. The van der Waals surface area contributed by atoms with E-state index in [1.54, 1.807) is 18.6 Å². The van der Waals surface area contributed by atoms with Gasteiger partial charge in [0.15, 0.2) is 0 Å². The summed E-state index contributed by atoms with van der Waals surface area (Å²) in [4.78, 5) is 17.4. The van der Waals surface area contributed by atoms with Crippen molar-refractivity contribution in [2.45, 2.75) is 6.54 Å². The zero-order valence-corrected chi connectivity index (χ0v) is 12.1. The molecule has 0 saturated heterocycles. The molecule has 7 heteroatoms. The van der Waals surface area contributed by atoms with Gasteiger partial charge in [0.2, 0.25) is 0 Å². The summed E-state index contributed by atoms with van der Waals surface area (Å²) in [6, 6.07) is 7.52. The Bertz CT molecular complexity index is 557. The first-order valence-electron chi connectivity index (χ1n) is 5.47. The fourth-order valence-corrected chi connectivity index (χ4v) is 1.54. The van der Waals surface area contributed by atoms with Gasteiger partial charge in [-0.25, -0.2) is 9.78 Å². The van der Waals surface area contributed by atoms with Gasteiger partial charge >= 0.3 is 5.97 Å². The molecule has 108 valence electrons. The van der Waals surface area contributed by atoms with E-state index >= 15 is 0 Å². The molecule has 2 aromatic rings. The van der Waals surface area contributed by atoms with Crippen molar-refractivity contribution in [3.8, 4) is 0 Å². The molecule has 1 aromatic heterocycles. The number of aliphatic carboxylic acids is 1. The van der Waals surface area contributed by atoms with Crippen LogP contribution in [0.15, 0.2) is 42.9 Å². The van der Waals surface area contributed by atoms with Crippen LogP contribution < -0.4 is 5.32 Å². The average molecular weight is 316 g/mol. The molecule has 0 bridgehead atoms. The van der Waals surface area contributed by atoms with Crippen LogP contribution in [0.2, 0.25) is 0 Å². The summed E-state index contributed by atoms with van der Waals surface area (Å²) in [5, 5.41) is 11.8. The summed E-state index contributed by atoms with van der Waals surface area (Å²) >= 11 is 0. The lowest BCUT2D eigenvalue weighted by molar-refractivity contribution is -0.131. The molecule has 0 spiro atoms. The molecule has 0 atom stereocenters. The fraction of sp³-hybridized carbons (Fsp3) is 0.0769. The van der Waals surface area contributed by atoms with Gasteiger partial charge < -0.3 is 15.4 Å². The Kier molecular flexibility index (Phi) is 8.12. The number of para-hydroxylation sites is 1. The van der Waals surface area contributed by atoms with Gasteiger partial charge in [-0.15, -0.1) is 24.8 Å². The second-order valence-corrected chi connectivity index (χ2v) is 3.69. The van der Waals surface area contributed by atoms with Crippen LogP contribution in [-0.2, 0) is 11.3 Å². The zero-order chi connectivity index (χ0) is 12.8. The van der Waals surface area contributed by atoms with Crippen LogP contribution in [0, 0.1) is 0 Å². The monoisotopic (exact) mass is 315 g/mol. The number of anilines is 1. The van der Waals surface area contributed by atoms with Gasteiger partial charge in [0.25, 0.3) is 0 Å². The lowest BCUT2D eigenvalue weighted by Crippen LogP contribution is -2.01. The first-order chi connectivity index (χ1) is 8.75. The maximum absolute atomic E-state index is 10.5. The molecule has 2 rings (SSSR count). The highest BCUT2D eigenvalue weighted by atomic mass is 35.5. The molecule has 5 nitrogen and oxygen atoms in total. The first kappa shape index (κ1) is 18.0. The Morgan fingerprint density at radius 1 is 1.35 bits per heavy atom. The number of imidazole rings is 1. The minimum atomic E-state index is -0.960. The molecule has 3 N–H and O–H groups in total. The Balaban J connectivity index is 0.00000180. The molecule has 0 radical (unpaired) electrons. The number of carboxylic acids is 1. The van der Waals surface area contributed by atoms with Gasteiger partial charge in [-0.1, -0.05) is 18.2 Å². The quantitative estimate of drug-likeness (QED) is 0.741. The molecule has 1 aromatic carbocycles. The number of nitrogens with zero attached hydrogens (tertiary/aromatic N) is 1. The van der Waals surface area contributed by atoms with Crippen LogP contribution in [-0.4, -0.2) is 21.0 Å². The van der Waals surface area contributed by atoms with Crippen molar-refractivity contribution in [3.05, 3.63) is 54.1 Å². The van der Waals surface area contributed by atoms with Crippen molar-refractivity contribution < 1.29 is 9.90 Å². The van der Waals surface area contributed by atoms with E-state index in [0.717, 1.165) is 23.0 Å². The van der Waals surface area contributed by atoms with E-state index in [4.69, 9.17) is 5.11 Å². The highest BCUT2D eigenvalue weighted by Gasteiger charge is 1.99. The molecule has 0 aliphatic rings. The number of aromatic amines is 1. The number of benzene rings is 1. The van der Waals surface area contributed by atoms with E-state index in [2.05, 4.69) is 15.3 Å². The Morgan fingerprint density at radius 2 is 2.10 bits per heavy atom. The minimum Gasteiger partial charge on any atom is -0.478 e. The number of H-pyrrole nitrogens is 1. The van der Waals surface area contributed by atoms with Gasteiger partial charge in [0.1, 0.15) is 0 Å². The Hall–Kier alpha value is -1.98. The maximum Gasteiger partial charge on any atom is 0.328 e. The van der Waals surface area contributed by atoms with E-state index in [1.807, 2.05) is 24.3 Å². The molecule has 1 heterocycles. The van der Waals surface area contributed by atoms with Gasteiger partial charge in [0.05, 0.1) is 18.6 Å². The topological polar surface area (TPSA) is 78.0 Å². The smallest absolute Gasteiger partial charge is 0.328 e. The number of carbonyl (C=O) groups is 1. The first-order valence-corrected chi connectivity index (χ1v) is 5.47. The highest BCUT2D eigenvalue weighted by molar-refractivity contribution is 5.86. The third-order valence-corrected chi connectivity index (χ3v) is 2.39. The summed E-state index contributed by atoms with van der Waals surface area (Å²) in [7, 11) is 0. The number of halogens is 2. The van der Waals surface area contributed by atoms with Crippen LogP contribution in [0.25, 0.3) is 6.08 Å². The molecular weight excluding hydrogens is 301 g/mol. The van der Waals surface area contributed by atoms with Crippen molar-refractivity contribution in [1.82, 2.24) is 9.97 Å². The Labute approximate surface area is 128 Å². The van der Waals surface area contributed by atoms with Gasteiger partial charge in [-0.2, -0.15) is 0 Å². The van der Waals surface area contributed by atoms with E-state index in [1.165, 1.54) is 0 Å². The summed E-state index contributed by atoms with van der Waals surface area (Å²) in [6.07, 6.45) is 6.05. The third-order valence-electron chi connectivity index (χ3n) is 2.39. The number of hydrogen-bond acceptors (Lipinski definition) is 3. The standard InChI is InChI=1S/C13H13N3O2.2ClH/c17-13(18)6-5-10-3-1-2-4-12(10)15-8-11-7-14-9-16-11;;/h1-7,9,15H,8H2,(H,14,16)(H,17,18);2*1H/b6-5+;;. The van der Waals surface area contributed by atoms with Crippen LogP contribution in [0.5, 0.6) is 0 Å². The van der Waals surface area contributed by atoms with Gasteiger partial charge in [-0.3, -0.25) is 0 Å². The normalized spacial score (nSPS) is 9.60. The minimum absolute atomic E-state index is 0. The van der Waals surface area contributed by atoms with Gasteiger partial charge in [-0.05, 0) is 17.7 Å². The van der Waals surface area contributed by atoms with Gasteiger partial charge in [0, 0.05) is 18.0 Å². The largest absolute Gasteiger partial charge is 0.478 e. The van der Waals surface area contributed by atoms with E-state index in [0.29, 0.717) is 6.54 Å². The van der Waals surface area contributed by atoms with Crippen molar-refractivity contribution in [2.24, 2.45) is 0 Å². The lowest BCUT2D eigenvalue weighted by atomic mass is 10.1. The van der Waals surface area contributed by atoms with Crippen molar-refractivity contribution in [1.29, 1.82) is 0 Å². The third kappa shape index (κ3) is 5.34. The maximum atomic E-state index is 10.5. The molecule has 20 heavy (non-hydrogen) atoms. The summed E-state index contributed by atoms with van der Waals surface area (Å²) in [6.45, 7) is 0.609. The molecule has 0 unspecified atom stereocenters. The molecular formula is C13H15Cl2N3O2.